The van der Waals surface area contributed by atoms with Gasteiger partial charge in [-0.1, -0.05) is 0 Å². The third-order valence-corrected chi connectivity index (χ3v) is 6.46. The minimum Gasteiger partial charge on any atom is -0.481 e. The van der Waals surface area contributed by atoms with Crippen LogP contribution in [0.25, 0.3) is 16.9 Å². The number of halogens is 2. The molecule has 156 valence electrons. The highest BCUT2D eigenvalue weighted by Gasteiger charge is 2.47. The third-order valence-electron chi connectivity index (χ3n) is 6.46. The van der Waals surface area contributed by atoms with Gasteiger partial charge < -0.3 is 16.2 Å². The number of anilines is 2. The summed E-state index contributed by atoms with van der Waals surface area (Å²) in [6.07, 6.45) is 7.02. The van der Waals surface area contributed by atoms with Gasteiger partial charge in [0, 0.05) is 12.1 Å². The van der Waals surface area contributed by atoms with Crippen LogP contribution < -0.4 is 11.1 Å². The van der Waals surface area contributed by atoms with Gasteiger partial charge in [0.05, 0.1) is 24.0 Å². The SMILES string of the molecule is Nc1ncc(F)cc1-n1cnc2c(N[C@H]3C4CCC(CC4)[C@@H]3C(=O)O)c(F)cnc21. The number of rotatable bonds is 4. The maximum atomic E-state index is 14.8. The van der Waals surface area contributed by atoms with Gasteiger partial charge in [0.25, 0.3) is 0 Å². The van der Waals surface area contributed by atoms with E-state index in [0.717, 1.165) is 38.1 Å². The van der Waals surface area contributed by atoms with E-state index in [9.17, 15) is 18.7 Å². The molecule has 6 rings (SSSR count). The number of carboxylic acids is 1. The number of carboxylic acid groups (broad SMARTS) is 1. The Morgan fingerprint density at radius 1 is 1.13 bits per heavy atom. The number of nitrogens with zero attached hydrogens (tertiary/aromatic N) is 4. The van der Waals surface area contributed by atoms with E-state index in [4.69, 9.17) is 5.73 Å². The molecular formula is C20H20F2N6O2. The lowest BCUT2D eigenvalue weighted by molar-refractivity contribution is -0.148. The standard InChI is InChI=1S/C20H20F2N6O2/c21-11-5-13(18(23)24-6-11)28-8-26-17-16(12(22)7-25-19(17)28)27-15-10-3-1-9(2-4-10)14(15)20(29)30/h5-10,14-15H,1-4H2,(H2,23,24)(H,25,27)(H,29,30)/t9?,10?,14-,15-/m0/s1. The Bertz CT molecular complexity index is 1140. The predicted octanol–water partition coefficient (Wildman–Crippen LogP) is 2.98. The summed E-state index contributed by atoms with van der Waals surface area (Å²) >= 11 is 0. The quantitative estimate of drug-likeness (QED) is 0.600. The average Bonchev–Trinajstić information content (AvgIpc) is 3.16. The molecule has 3 aliphatic rings. The number of nitrogens with two attached hydrogens (primary N) is 1. The van der Waals surface area contributed by atoms with Crippen LogP contribution in [0.5, 0.6) is 0 Å². The molecule has 3 fully saturated rings. The summed E-state index contributed by atoms with van der Waals surface area (Å²) in [5.41, 5.74) is 6.71. The second-order valence-electron chi connectivity index (χ2n) is 8.03. The summed E-state index contributed by atoms with van der Waals surface area (Å²) in [5, 5.41) is 12.9. The number of hydrogen-bond donors (Lipinski definition) is 3. The van der Waals surface area contributed by atoms with Crippen molar-refractivity contribution >= 4 is 28.6 Å². The van der Waals surface area contributed by atoms with Crippen LogP contribution in [-0.4, -0.2) is 36.6 Å². The Morgan fingerprint density at radius 2 is 1.87 bits per heavy atom. The van der Waals surface area contributed by atoms with E-state index in [1.54, 1.807) is 0 Å². The first-order valence-corrected chi connectivity index (χ1v) is 9.86. The molecule has 0 aromatic carbocycles. The van der Waals surface area contributed by atoms with E-state index < -0.39 is 23.5 Å². The smallest absolute Gasteiger partial charge is 0.308 e. The first-order valence-electron chi connectivity index (χ1n) is 9.86. The number of hydrogen-bond acceptors (Lipinski definition) is 6. The normalized spacial score (nSPS) is 25.5. The van der Waals surface area contributed by atoms with Crippen LogP contribution in [0.4, 0.5) is 20.3 Å². The average molecular weight is 414 g/mol. The van der Waals surface area contributed by atoms with Crippen molar-refractivity contribution in [2.75, 3.05) is 11.1 Å². The first kappa shape index (κ1) is 18.7. The van der Waals surface area contributed by atoms with E-state index in [1.165, 1.54) is 17.0 Å². The lowest BCUT2D eigenvalue weighted by atomic mass is 9.61. The minimum atomic E-state index is -0.864. The van der Waals surface area contributed by atoms with Crippen molar-refractivity contribution in [2.45, 2.75) is 31.7 Å². The van der Waals surface area contributed by atoms with Gasteiger partial charge in [0.1, 0.15) is 29.2 Å². The van der Waals surface area contributed by atoms with Crippen molar-refractivity contribution in [3.05, 3.63) is 36.4 Å². The molecule has 2 bridgehead atoms. The Kier molecular flexibility index (Phi) is 4.30. The van der Waals surface area contributed by atoms with Gasteiger partial charge in [-0.05, 0) is 37.5 Å². The van der Waals surface area contributed by atoms with Gasteiger partial charge in [-0.3, -0.25) is 9.36 Å². The van der Waals surface area contributed by atoms with E-state index in [1.807, 2.05) is 0 Å². The molecule has 10 heteroatoms. The summed E-state index contributed by atoms with van der Waals surface area (Å²) in [6, 6.07) is 0.809. The van der Waals surface area contributed by atoms with Gasteiger partial charge >= 0.3 is 5.97 Å². The fourth-order valence-electron chi connectivity index (χ4n) is 5.06. The molecule has 0 aliphatic heterocycles. The highest BCUT2D eigenvalue weighted by atomic mass is 19.1. The molecule has 3 heterocycles. The fourth-order valence-corrected chi connectivity index (χ4v) is 5.06. The van der Waals surface area contributed by atoms with E-state index >= 15 is 0 Å². The fraction of sp³-hybridized carbons (Fsp3) is 0.400. The summed E-state index contributed by atoms with van der Waals surface area (Å²) in [6.45, 7) is 0. The minimum absolute atomic E-state index is 0.0758. The molecule has 0 saturated heterocycles. The summed E-state index contributed by atoms with van der Waals surface area (Å²) in [5.74, 6) is -2.33. The van der Waals surface area contributed by atoms with Gasteiger partial charge in [0.2, 0.25) is 0 Å². The number of aromatic nitrogens is 4. The number of nitrogens with one attached hydrogen (secondary N) is 1. The molecule has 30 heavy (non-hydrogen) atoms. The number of aliphatic carboxylic acids is 1. The highest BCUT2D eigenvalue weighted by Crippen LogP contribution is 2.47. The Morgan fingerprint density at radius 3 is 2.60 bits per heavy atom. The zero-order valence-corrected chi connectivity index (χ0v) is 15.9. The number of carbonyl (C=O) groups is 1. The molecule has 8 nitrogen and oxygen atoms in total. The number of pyridine rings is 2. The van der Waals surface area contributed by atoms with E-state index in [0.29, 0.717) is 0 Å². The lowest BCUT2D eigenvalue weighted by Crippen LogP contribution is -2.51. The van der Waals surface area contributed by atoms with Crippen LogP contribution in [0.15, 0.2) is 24.8 Å². The summed E-state index contributed by atoms with van der Waals surface area (Å²) < 4.78 is 29.9. The molecule has 2 atom stereocenters. The molecular weight excluding hydrogens is 394 g/mol. The van der Waals surface area contributed by atoms with Crippen LogP contribution in [0.3, 0.4) is 0 Å². The maximum absolute atomic E-state index is 14.8. The monoisotopic (exact) mass is 414 g/mol. The Hall–Kier alpha value is -3.30. The van der Waals surface area contributed by atoms with Crippen molar-refractivity contribution in [1.82, 2.24) is 19.5 Å². The van der Waals surface area contributed by atoms with Crippen molar-refractivity contribution in [2.24, 2.45) is 17.8 Å². The summed E-state index contributed by atoms with van der Waals surface area (Å²) in [7, 11) is 0. The highest BCUT2D eigenvalue weighted by molar-refractivity contribution is 5.88. The number of fused-ring (bicyclic) bond motifs is 4. The molecule has 3 aromatic rings. The van der Waals surface area contributed by atoms with Crippen molar-refractivity contribution < 1.29 is 18.7 Å². The first-order chi connectivity index (χ1) is 14.4. The van der Waals surface area contributed by atoms with Gasteiger partial charge in [-0.25, -0.2) is 23.7 Å². The van der Waals surface area contributed by atoms with Crippen molar-refractivity contribution in [3.8, 4) is 5.69 Å². The maximum Gasteiger partial charge on any atom is 0.308 e. The van der Waals surface area contributed by atoms with E-state index in [2.05, 4.69) is 20.3 Å². The molecule has 0 unspecified atom stereocenters. The topological polar surface area (TPSA) is 119 Å². The predicted molar refractivity (Wildman–Crippen MR) is 105 cm³/mol. The molecule has 3 aliphatic carbocycles. The molecule has 3 saturated carbocycles. The molecule has 0 amide bonds. The zero-order chi connectivity index (χ0) is 21.0. The van der Waals surface area contributed by atoms with Crippen molar-refractivity contribution in [3.63, 3.8) is 0 Å². The van der Waals surface area contributed by atoms with Crippen LogP contribution in [0.1, 0.15) is 25.7 Å². The van der Waals surface area contributed by atoms with Crippen LogP contribution >= 0.6 is 0 Å². The van der Waals surface area contributed by atoms with Crippen LogP contribution in [0.2, 0.25) is 0 Å². The molecule has 4 N–H and O–H groups in total. The summed E-state index contributed by atoms with van der Waals surface area (Å²) in [4.78, 5) is 24.1. The zero-order valence-electron chi connectivity index (χ0n) is 15.9. The van der Waals surface area contributed by atoms with Crippen molar-refractivity contribution in [1.29, 1.82) is 0 Å². The number of nitrogen functional groups attached to an aromatic ring is 1. The third kappa shape index (κ3) is 2.86. The second-order valence-corrected chi connectivity index (χ2v) is 8.03. The van der Waals surface area contributed by atoms with E-state index in [-0.39, 0.29) is 46.2 Å². The van der Waals surface area contributed by atoms with Gasteiger partial charge in [-0.15, -0.1) is 0 Å². The van der Waals surface area contributed by atoms with Crippen LogP contribution in [0, 0.1) is 29.4 Å². The van der Waals surface area contributed by atoms with Gasteiger partial charge in [-0.2, -0.15) is 0 Å². The number of imidazole rings is 1. The molecule has 0 radical (unpaired) electrons. The van der Waals surface area contributed by atoms with Crippen LogP contribution in [-0.2, 0) is 4.79 Å². The molecule has 3 aromatic heterocycles. The second kappa shape index (κ2) is 6.89. The Balaban J connectivity index is 1.59. The largest absolute Gasteiger partial charge is 0.481 e. The Labute approximate surface area is 170 Å². The lowest BCUT2D eigenvalue weighted by Gasteiger charge is -2.47. The van der Waals surface area contributed by atoms with Gasteiger partial charge in [0.15, 0.2) is 11.5 Å². The molecule has 0 spiro atoms.